The Hall–Kier alpha value is -0.0600. The fourth-order valence-electron chi connectivity index (χ4n) is 1.71. The highest BCUT2D eigenvalue weighted by Gasteiger charge is 2.15. The Bertz CT molecular complexity index is 371. The predicted octanol–water partition coefficient (Wildman–Crippen LogP) is 4.63. The van der Waals surface area contributed by atoms with Crippen molar-refractivity contribution >= 4 is 27.7 Å². The molecule has 0 aliphatic carbocycles. The van der Waals surface area contributed by atoms with Crippen molar-refractivity contribution in [3.8, 4) is 0 Å². The van der Waals surface area contributed by atoms with Gasteiger partial charge in [-0.1, -0.05) is 36.7 Å². The van der Waals surface area contributed by atoms with Gasteiger partial charge in [-0.25, -0.2) is 4.39 Å². The van der Waals surface area contributed by atoms with Gasteiger partial charge in [-0.2, -0.15) is 11.8 Å². The lowest BCUT2D eigenvalue weighted by Gasteiger charge is -2.19. The molecule has 0 aromatic heterocycles. The normalized spacial score (nSPS) is 13.0. The van der Waals surface area contributed by atoms with Crippen molar-refractivity contribution in [2.75, 3.05) is 18.1 Å². The van der Waals surface area contributed by atoms with E-state index in [-0.39, 0.29) is 11.9 Å². The number of halogens is 2. The third-order valence-corrected chi connectivity index (χ3v) is 4.48. The summed E-state index contributed by atoms with van der Waals surface area (Å²) in [6, 6.07) is 5.22. The van der Waals surface area contributed by atoms with E-state index in [9.17, 15) is 4.39 Å². The van der Waals surface area contributed by atoms with Crippen molar-refractivity contribution in [2.45, 2.75) is 26.8 Å². The van der Waals surface area contributed by atoms with Gasteiger partial charge in [0.15, 0.2) is 0 Å². The van der Waals surface area contributed by atoms with Crippen LogP contribution in [0.4, 0.5) is 4.39 Å². The number of hydrogen-bond acceptors (Lipinski definition) is 2. The minimum absolute atomic E-state index is 0.0799. The maximum absolute atomic E-state index is 13.9. The molecule has 18 heavy (non-hydrogen) atoms. The molecular weight excluding hydrogens is 313 g/mol. The van der Waals surface area contributed by atoms with Crippen LogP contribution in [0.2, 0.25) is 0 Å². The van der Waals surface area contributed by atoms with Crippen LogP contribution >= 0.6 is 27.7 Å². The van der Waals surface area contributed by atoms with Gasteiger partial charge in [0, 0.05) is 21.8 Å². The topological polar surface area (TPSA) is 12.0 Å². The first-order valence-electron chi connectivity index (χ1n) is 6.30. The molecule has 1 aromatic rings. The number of rotatable bonds is 7. The zero-order valence-electron chi connectivity index (χ0n) is 11.2. The molecule has 0 heterocycles. The van der Waals surface area contributed by atoms with Gasteiger partial charge >= 0.3 is 0 Å². The minimum Gasteiger partial charge on any atom is -0.309 e. The van der Waals surface area contributed by atoms with Gasteiger partial charge < -0.3 is 5.32 Å². The summed E-state index contributed by atoms with van der Waals surface area (Å²) in [7, 11) is 0. The van der Waals surface area contributed by atoms with Crippen molar-refractivity contribution in [3.63, 3.8) is 0 Å². The number of hydrogen-bond donors (Lipinski definition) is 1. The summed E-state index contributed by atoms with van der Waals surface area (Å²) in [5.41, 5.74) is 0.752. The molecule has 0 radical (unpaired) electrons. The lowest BCUT2D eigenvalue weighted by atomic mass is 10.1. The second-order valence-electron chi connectivity index (χ2n) is 4.71. The van der Waals surface area contributed by atoms with Gasteiger partial charge in [0.1, 0.15) is 5.82 Å². The Labute approximate surface area is 122 Å². The molecule has 102 valence electrons. The SMILES string of the molecule is CCNC(CSCC(C)C)c1cc(Br)ccc1F. The molecule has 4 heteroatoms. The highest BCUT2D eigenvalue weighted by atomic mass is 79.9. The van der Waals surface area contributed by atoms with E-state index < -0.39 is 0 Å². The van der Waals surface area contributed by atoms with E-state index in [1.807, 2.05) is 17.8 Å². The van der Waals surface area contributed by atoms with Gasteiger partial charge in [-0.05, 0) is 36.4 Å². The smallest absolute Gasteiger partial charge is 0.128 e. The predicted molar refractivity (Wildman–Crippen MR) is 82.7 cm³/mol. The molecule has 1 unspecified atom stereocenters. The van der Waals surface area contributed by atoms with E-state index in [0.29, 0.717) is 5.92 Å². The average molecular weight is 334 g/mol. The first-order valence-corrected chi connectivity index (χ1v) is 8.25. The summed E-state index contributed by atoms with van der Waals surface area (Å²) >= 11 is 5.28. The highest BCUT2D eigenvalue weighted by Crippen LogP contribution is 2.25. The highest BCUT2D eigenvalue weighted by molar-refractivity contribution is 9.10. The fraction of sp³-hybridized carbons (Fsp3) is 0.571. The van der Waals surface area contributed by atoms with E-state index in [2.05, 4.69) is 42.0 Å². The lowest BCUT2D eigenvalue weighted by Crippen LogP contribution is -2.24. The summed E-state index contributed by atoms with van der Waals surface area (Å²) in [4.78, 5) is 0. The maximum Gasteiger partial charge on any atom is 0.128 e. The molecule has 0 fully saturated rings. The summed E-state index contributed by atoms with van der Waals surface area (Å²) in [6.07, 6.45) is 0. The van der Waals surface area contributed by atoms with Gasteiger partial charge in [0.2, 0.25) is 0 Å². The van der Waals surface area contributed by atoms with Crippen LogP contribution in [0.5, 0.6) is 0 Å². The van der Waals surface area contributed by atoms with Crippen molar-refractivity contribution in [3.05, 3.63) is 34.1 Å². The van der Waals surface area contributed by atoms with Gasteiger partial charge in [0.25, 0.3) is 0 Å². The third kappa shape index (κ3) is 5.29. The van der Waals surface area contributed by atoms with Gasteiger partial charge in [-0.3, -0.25) is 0 Å². The van der Waals surface area contributed by atoms with Crippen LogP contribution < -0.4 is 5.32 Å². The van der Waals surface area contributed by atoms with Crippen molar-refractivity contribution < 1.29 is 4.39 Å². The van der Waals surface area contributed by atoms with Crippen molar-refractivity contribution in [2.24, 2.45) is 5.92 Å². The number of thioether (sulfide) groups is 1. The molecule has 0 aliphatic rings. The molecule has 1 rings (SSSR count). The Balaban J connectivity index is 2.73. The molecule has 0 aliphatic heterocycles. The first-order chi connectivity index (χ1) is 8.54. The molecule has 0 saturated heterocycles. The molecule has 0 saturated carbocycles. The minimum atomic E-state index is -0.130. The third-order valence-electron chi connectivity index (χ3n) is 2.52. The van der Waals surface area contributed by atoms with Crippen molar-refractivity contribution in [1.29, 1.82) is 0 Å². The summed E-state index contributed by atoms with van der Waals surface area (Å²) in [5, 5.41) is 3.36. The van der Waals surface area contributed by atoms with E-state index in [4.69, 9.17) is 0 Å². The second-order valence-corrected chi connectivity index (χ2v) is 6.70. The zero-order chi connectivity index (χ0) is 13.5. The zero-order valence-corrected chi connectivity index (χ0v) is 13.6. The molecule has 1 atom stereocenters. The number of benzene rings is 1. The molecular formula is C14H21BrFNS. The quantitative estimate of drug-likeness (QED) is 0.780. The molecule has 0 bridgehead atoms. The van der Waals surface area contributed by atoms with Crippen LogP contribution in [0, 0.1) is 11.7 Å². The summed E-state index contributed by atoms with van der Waals surface area (Å²) in [6.45, 7) is 7.30. The van der Waals surface area contributed by atoms with Crippen LogP contribution in [0.25, 0.3) is 0 Å². The summed E-state index contributed by atoms with van der Waals surface area (Å²) in [5.74, 6) is 2.55. The van der Waals surface area contributed by atoms with Crippen LogP contribution in [-0.2, 0) is 0 Å². The van der Waals surface area contributed by atoms with Crippen LogP contribution in [0.3, 0.4) is 0 Å². The monoisotopic (exact) mass is 333 g/mol. The van der Waals surface area contributed by atoms with E-state index in [1.165, 1.54) is 6.07 Å². The standard InChI is InChI=1S/C14H21BrFNS/c1-4-17-14(9-18-8-10(2)3)12-7-11(15)5-6-13(12)16/h5-7,10,14,17H,4,8-9H2,1-3H3. The van der Waals surface area contributed by atoms with E-state index >= 15 is 0 Å². The van der Waals surface area contributed by atoms with Crippen LogP contribution in [0.1, 0.15) is 32.4 Å². The molecule has 0 spiro atoms. The fourth-order valence-corrected chi connectivity index (χ4v) is 3.23. The van der Waals surface area contributed by atoms with E-state index in [1.54, 1.807) is 6.07 Å². The van der Waals surface area contributed by atoms with Gasteiger partial charge in [-0.15, -0.1) is 0 Å². The van der Waals surface area contributed by atoms with Crippen LogP contribution in [-0.4, -0.2) is 18.1 Å². The lowest BCUT2D eigenvalue weighted by molar-refractivity contribution is 0.545. The molecule has 1 N–H and O–H groups in total. The Morgan fingerprint density at radius 1 is 1.33 bits per heavy atom. The first kappa shape index (κ1) is 16.0. The second kappa shape index (κ2) is 8.18. The molecule has 1 nitrogen and oxygen atoms in total. The van der Waals surface area contributed by atoms with Crippen molar-refractivity contribution in [1.82, 2.24) is 5.32 Å². The van der Waals surface area contributed by atoms with E-state index in [0.717, 1.165) is 28.1 Å². The Kier molecular flexibility index (Phi) is 7.27. The number of nitrogens with one attached hydrogen (secondary N) is 1. The average Bonchev–Trinajstić information content (AvgIpc) is 2.31. The Morgan fingerprint density at radius 2 is 2.06 bits per heavy atom. The van der Waals surface area contributed by atoms with Gasteiger partial charge in [0.05, 0.1) is 0 Å². The molecule has 1 aromatic carbocycles. The molecule has 0 amide bonds. The largest absolute Gasteiger partial charge is 0.309 e. The summed E-state index contributed by atoms with van der Waals surface area (Å²) < 4.78 is 14.8. The Morgan fingerprint density at radius 3 is 2.67 bits per heavy atom. The van der Waals surface area contributed by atoms with Crippen LogP contribution in [0.15, 0.2) is 22.7 Å². The maximum atomic E-state index is 13.9.